The van der Waals surface area contributed by atoms with Gasteiger partial charge in [-0.3, -0.25) is 19.8 Å². The van der Waals surface area contributed by atoms with Crippen molar-refractivity contribution in [3.8, 4) is 0 Å². The maximum Gasteiger partial charge on any atom is 0.305 e. The molecule has 0 radical (unpaired) electrons. The molecule has 6 nitrogen and oxygen atoms in total. The number of benzene rings is 1. The molecule has 1 saturated heterocycles. The first-order valence-electron chi connectivity index (χ1n) is 5.96. The summed E-state index contributed by atoms with van der Waals surface area (Å²) in [4.78, 5) is 22.9. The van der Waals surface area contributed by atoms with Crippen LogP contribution in [0.1, 0.15) is 18.4 Å². The van der Waals surface area contributed by atoms with Crippen LogP contribution in [0.15, 0.2) is 18.2 Å². The van der Waals surface area contributed by atoms with E-state index < -0.39 is 28.4 Å². The molecule has 19 heavy (non-hydrogen) atoms. The summed E-state index contributed by atoms with van der Waals surface area (Å²) in [6.45, 7) is 0.789. The van der Waals surface area contributed by atoms with Crippen LogP contribution in [-0.2, 0) is 11.3 Å². The first-order valence-corrected chi connectivity index (χ1v) is 5.96. The lowest BCUT2D eigenvalue weighted by Gasteiger charge is -2.21. The van der Waals surface area contributed by atoms with Crippen molar-refractivity contribution in [2.24, 2.45) is 5.73 Å². The van der Waals surface area contributed by atoms with Crippen LogP contribution < -0.4 is 5.73 Å². The minimum atomic E-state index is -0.845. The predicted octanol–water partition coefficient (Wildman–Crippen LogP) is 1.18. The van der Waals surface area contributed by atoms with Crippen LogP contribution in [0.2, 0.25) is 0 Å². The minimum Gasteiger partial charge on any atom is -0.368 e. The Morgan fingerprint density at radius 2 is 2.32 bits per heavy atom. The maximum absolute atomic E-state index is 13.9. The molecule has 0 saturated carbocycles. The van der Waals surface area contributed by atoms with Crippen LogP contribution in [0, 0.1) is 15.9 Å². The van der Waals surface area contributed by atoms with Gasteiger partial charge in [0.2, 0.25) is 11.7 Å². The number of carbonyl (C=O) groups excluding carboxylic acids is 1. The Morgan fingerprint density at radius 3 is 2.95 bits per heavy atom. The molecular formula is C12H14FN3O3. The van der Waals surface area contributed by atoms with E-state index in [0.29, 0.717) is 13.0 Å². The van der Waals surface area contributed by atoms with Gasteiger partial charge in [0, 0.05) is 18.2 Å². The average molecular weight is 267 g/mol. The third kappa shape index (κ3) is 2.70. The Hall–Kier alpha value is -2.02. The maximum atomic E-state index is 13.9. The van der Waals surface area contributed by atoms with E-state index in [9.17, 15) is 19.3 Å². The Morgan fingerprint density at radius 1 is 1.58 bits per heavy atom. The van der Waals surface area contributed by atoms with E-state index in [4.69, 9.17) is 5.73 Å². The number of carbonyl (C=O) groups is 1. The van der Waals surface area contributed by atoms with Gasteiger partial charge in [0.15, 0.2) is 0 Å². The summed E-state index contributed by atoms with van der Waals surface area (Å²) in [5.74, 6) is -1.29. The number of hydrogen-bond donors (Lipinski definition) is 1. The predicted molar refractivity (Wildman–Crippen MR) is 65.7 cm³/mol. The summed E-state index contributed by atoms with van der Waals surface area (Å²) in [7, 11) is 0. The lowest BCUT2D eigenvalue weighted by molar-refractivity contribution is -0.387. The number of nitro benzene ring substituents is 1. The average Bonchev–Trinajstić information content (AvgIpc) is 2.79. The van der Waals surface area contributed by atoms with E-state index in [1.807, 2.05) is 0 Å². The number of halogens is 1. The third-order valence-corrected chi connectivity index (χ3v) is 3.32. The van der Waals surface area contributed by atoms with Crippen molar-refractivity contribution in [2.75, 3.05) is 6.54 Å². The Bertz CT molecular complexity index is 521. The van der Waals surface area contributed by atoms with E-state index in [2.05, 4.69) is 0 Å². The molecule has 1 aromatic carbocycles. The lowest BCUT2D eigenvalue weighted by atomic mass is 10.1. The molecule has 1 heterocycles. The van der Waals surface area contributed by atoms with Crippen molar-refractivity contribution in [1.29, 1.82) is 0 Å². The number of hydrogen-bond acceptors (Lipinski definition) is 4. The van der Waals surface area contributed by atoms with Crippen LogP contribution in [0.4, 0.5) is 10.1 Å². The largest absolute Gasteiger partial charge is 0.368 e. The van der Waals surface area contributed by atoms with E-state index in [1.54, 1.807) is 4.90 Å². The minimum absolute atomic E-state index is 0.154. The molecule has 0 aromatic heterocycles. The molecule has 1 aromatic rings. The standard InChI is InChI=1S/C12H14FN3O3/c13-11-8(3-1-4-9(11)16(18)19)7-15-6-2-5-10(15)12(14)17/h1,3-4,10H,2,5-7H2,(H2,14,17). The van der Waals surface area contributed by atoms with Crippen LogP contribution in [0.25, 0.3) is 0 Å². The zero-order valence-corrected chi connectivity index (χ0v) is 10.2. The van der Waals surface area contributed by atoms with E-state index in [0.717, 1.165) is 12.5 Å². The zero-order valence-electron chi connectivity index (χ0n) is 10.2. The number of likely N-dealkylation sites (tertiary alicyclic amines) is 1. The molecule has 102 valence electrons. The Balaban J connectivity index is 2.22. The van der Waals surface area contributed by atoms with Crippen LogP contribution in [0.5, 0.6) is 0 Å². The fraction of sp³-hybridized carbons (Fsp3) is 0.417. The molecule has 0 bridgehead atoms. The zero-order chi connectivity index (χ0) is 14.0. The van der Waals surface area contributed by atoms with Crippen molar-refractivity contribution in [3.05, 3.63) is 39.7 Å². The second kappa shape index (κ2) is 5.31. The summed E-state index contributed by atoms with van der Waals surface area (Å²) in [5.41, 5.74) is 4.94. The van der Waals surface area contributed by atoms with Crippen molar-refractivity contribution in [2.45, 2.75) is 25.4 Å². The molecule has 1 aliphatic rings. The van der Waals surface area contributed by atoms with E-state index >= 15 is 0 Å². The Labute approximate surface area is 109 Å². The highest BCUT2D eigenvalue weighted by molar-refractivity contribution is 5.80. The summed E-state index contributed by atoms with van der Waals surface area (Å²) in [6, 6.07) is 3.62. The molecule has 1 fully saturated rings. The quantitative estimate of drug-likeness (QED) is 0.655. The molecule has 0 spiro atoms. The second-order valence-electron chi connectivity index (χ2n) is 4.54. The molecule has 1 amide bonds. The monoisotopic (exact) mass is 267 g/mol. The fourth-order valence-corrected chi connectivity index (χ4v) is 2.39. The van der Waals surface area contributed by atoms with Crippen molar-refractivity contribution in [1.82, 2.24) is 4.90 Å². The SMILES string of the molecule is NC(=O)C1CCCN1Cc1cccc([N+](=O)[O-])c1F. The summed E-state index contributed by atoms with van der Waals surface area (Å²) in [5, 5.41) is 10.7. The Kier molecular flexibility index (Phi) is 3.75. The summed E-state index contributed by atoms with van der Waals surface area (Å²) >= 11 is 0. The molecule has 1 atom stereocenters. The number of nitro groups is 1. The van der Waals surface area contributed by atoms with Crippen LogP contribution >= 0.6 is 0 Å². The van der Waals surface area contributed by atoms with Gasteiger partial charge in [0.25, 0.3) is 0 Å². The molecule has 1 aliphatic heterocycles. The summed E-state index contributed by atoms with van der Waals surface area (Å²) < 4.78 is 13.9. The second-order valence-corrected chi connectivity index (χ2v) is 4.54. The van der Waals surface area contributed by atoms with Crippen LogP contribution in [-0.4, -0.2) is 28.3 Å². The fourth-order valence-electron chi connectivity index (χ4n) is 2.39. The smallest absolute Gasteiger partial charge is 0.305 e. The lowest BCUT2D eigenvalue weighted by Crippen LogP contribution is -2.39. The first kappa shape index (κ1) is 13.4. The molecule has 2 rings (SSSR count). The van der Waals surface area contributed by atoms with E-state index in [1.165, 1.54) is 12.1 Å². The molecule has 0 aliphatic carbocycles. The number of amides is 1. The highest BCUT2D eigenvalue weighted by Crippen LogP contribution is 2.25. The topological polar surface area (TPSA) is 89.5 Å². The highest BCUT2D eigenvalue weighted by Gasteiger charge is 2.30. The molecule has 7 heteroatoms. The number of rotatable bonds is 4. The summed E-state index contributed by atoms with van der Waals surface area (Å²) in [6.07, 6.45) is 1.45. The van der Waals surface area contributed by atoms with Gasteiger partial charge in [-0.25, -0.2) is 0 Å². The van der Waals surface area contributed by atoms with Gasteiger partial charge in [0.05, 0.1) is 11.0 Å². The van der Waals surface area contributed by atoms with Gasteiger partial charge in [-0.2, -0.15) is 4.39 Å². The van der Waals surface area contributed by atoms with Gasteiger partial charge in [-0.15, -0.1) is 0 Å². The normalized spacial score (nSPS) is 19.5. The number of primary amides is 1. The first-order chi connectivity index (χ1) is 9.00. The number of nitrogens with zero attached hydrogens (tertiary/aromatic N) is 2. The third-order valence-electron chi connectivity index (χ3n) is 3.32. The highest BCUT2D eigenvalue weighted by atomic mass is 19.1. The van der Waals surface area contributed by atoms with E-state index in [-0.39, 0.29) is 12.1 Å². The van der Waals surface area contributed by atoms with Gasteiger partial charge in [-0.05, 0) is 19.4 Å². The van der Waals surface area contributed by atoms with Gasteiger partial charge in [-0.1, -0.05) is 12.1 Å². The molecular weight excluding hydrogens is 253 g/mol. The number of nitrogens with two attached hydrogens (primary N) is 1. The van der Waals surface area contributed by atoms with Gasteiger partial charge < -0.3 is 5.73 Å². The molecule has 2 N–H and O–H groups in total. The van der Waals surface area contributed by atoms with Crippen molar-refractivity contribution in [3.63, 3.8) is 0 Å². The molecule has 1 unspecified atom stereocenters. The van der Waals surface area contributed by atoms with Crippen molar-refractivity contribution < 1.29 is 14.1 Å². The van der Waals surface area contributed by atoms with Gasteiger partial charge >= 0.3 is 5.69 Å². The van der Waals surface area contributed by atoms with Gasteiger partial charge in [0.1, 0.15) is 0 Å². The van der Waals surface area contributed by atoms with Crippen LogP contribution in [0.3, 0.4) is 0 Å². The van der Waals surface area contributed by atoms with Crippen molar-refractivity contribution >= 4 is 11.6 Å².